The highest BCUT2D eigenvalue weighted by molar-refractivity contribution is 5.42. The van der Waals surface area contributed by atoms with Crippen molar-refractivity contribution in [1.82, 2.24) is 4.98 Å². The number of aromatic nitrogens is 1. The molecule has 0 aliphatic carbocycles. The lowest BCUT2D eigenvalue weighted by molar-refractivity contribution is 0.281. The van der Waals surface area contributed by atoms with Crippen LogP contribution < -0.4 is 4.90 Å². The molecule has 1 aliphatic rings. The van der Waals surface area contributed by atoms with E-state index in [0.717, 1.165) is 42.0 Å². The van der Waals surface area contributed by atoms with E-state index in [2.05, 4.69) is 23.7 Å². The van der Waals surface area contributed by atoms with Crippen LogP contribution in [0.2, 0.25) is 0 Å². The van der Waals surface area contributed by atoms with Crippen LogP contribution in [0.4, 0.5) is 5.82 Å². The molecule has 2 rings (SSSR count). The van der Waals surface area contributed by atoms with Crippen molar-refractivity contribution < 1.29 is 5.11 Å². The fourth-order valence-corrected chi connectivity index (χ4v) is 2.99. The van der Waals surface area contributed by atoms with E-state index in [4.69, 9.17) is 0 Å². The monoisotopic (exact) mass is 262 g/mol. The number of anilines is 1. The van der Waals surface area contributed by atoms with Gasteiger partial charge in [0, 0.05) is 18.8 Å². The Labute approximate surface area is 116 Å². The van der Waals surface area contributed by atoms with E-state index in [0.29, 0.717) is 0 Å². The standard InChI is InChI=1S/C16H26N2O/c1-12(2)15-5-4-7-18(8-6-15)16-10-14(11-19)9-13(3)17-16/h9-10,12,15,19H,4-8,11H2,1-3H3. The summed E-state index contributed by atoms with van der Waals surface area (Å²) < 4.78 is 0. The number of aliphatic hydroxyl groups is 1. The van der Waals surface area contributed by atoms with Crippen LogP contribution in [0, 0.1) is 18.8 Å². The fraction of sp³-hybridized carbons (Fsp3) is 0.688. The number of hydrogen-bond donors (Lipinski definition) is 1. The quantitative estimate of drug-likeness (QED) is 0.909. The number of rotatable bonds is 3. The summed E-state index contributed by atoms with van der Waals surface area (Å²) in [7, 11) is 0. The first kappa shape index (κ1) is 14.3. The van der Waals surface area contributed by atoms with Crippen molar-refractivity contribution in [1.29, 1.82) is 0 Å². The Hall–Kier alpha value is -1.09. The number of hydrogen-bond acceptors (Lipinski definition) is 3. The fourth-order valence-electron chi connectivity index (χ4n) is 2.99. The summed E-state index contributed by atoms with van der Waals surface area (Å²) in [5.74, 6) is 2.65. The summed E-state index contributed by atoms with van der Waals surface area (Å²) in [4.78, 5) is 7.02. The third-order valence-corrected chi connectivity index (χ3v) is 4.22. The lowest BCUT2D eigenvalue weighted by atomic mass is 9.89. The van der Waals surface area contributed by atoms with E-state index < -0.39 is 0 Å². The van der Waals surface area contributed by atoms with Crippen molar-refractivity contribution >= 4 is 5.82 Å². The van der Waals surface area contributed by atoms with Gasteiger partial charge in [0.15, 0.2) is 0 Å². The number of nitrogens with zero attached hydrogens (tertiary/aromatic N) is 2. The molecule has 19 heavy (non-hydrogen) atoms. The normalized spacial score (nSPS) is 20.7. The molecule has 1 saturated heterocycles. The van der Waals surface area contributed by atoms with E-state index in [1.165, 1.54) is 19.3 Å². The van der Waals surface area contributed by atoms with Gasteiger partial charge in [0.1, 0.15) is 5.82 Å². The largest absolute Gasteiger partial charge is 0.392 e. The van der Waals surface area contributed by atoms with Gasteiger partial charge < -0.3 is 10.0 Å². The number of pyridine rings is 1. The number of aryl methyl sites for hydroxylation is 1. The SMILES string of the molecule is Cc1cc(CO)cc(N2CCCC(C(C)C)CC2)n1. The van der Waals surface area contributed by atoms with Gasteiger partial charge in [0.05, 0.1) is 6.61 Å². The van der Waals surface area contributed by atoms with Gasteiger partial charge in [-0.25, -0.2) is 4.98 Å². The van der Waals surface area contributed by atoms with Crippen LogP contribution in [0.15, 0.2) is 12.1 Å². The average molecular weight is 262 g/mol. The predicted molar refractivity (Wildman–Crippen MR) is 79.3 cm³/mol. The minimum atomic E-state index is 0.0961. The van der Waals surface area contributed by atoms with Crippen LogP contribution in [0.3, 0.4) is 0 Å². The van der Waals surface area contributed by atoms with E-state index in [-0.39, 0.29) is 6.61 Å². The summed E-state index contributed by atoms with van der Waals surface area (Å²) in [6, 6.07) is 3.99. The molecule has 0 amide bonds. The minimum absolute atomic E-state index is 0.0961. The molecule has 1 fully saturated rings. The van der Waals surface area contributed by atoms with Crippen molar-refractivity contribution in [3.05, 3.63) is 23.4 Å². The second-order valence-electron chi connectivity index (χ2n) is 6.06. The zero-order valence-corrected chi connectivity index (χ0v) is 12.4. The molecule has 0 aromatic carbocycles. The minimum Gasteiger partial charge on any atom is -0.392 e. The zero-order valence-electron chi connectivity index (χ0n) is 12.4. The Balaban J connectivity index is 2.11. The van der Waals surface area contributed by atoms with Gasteiger partial charge in [-0.3, -0.25) is 0 Å². The zero-order chi connectivity index (χ0) is 13.8. The van der Waals surface area contributed by atoms with Crippen molar-refractivity contribution in [3.8, 4) is 0 Å². The first-order valence-corrected chi connectivity index (χ1v) is 7.43. The highest BCUT2D eigenvalue weighted by Gasteiger charge is 2.20. The molecule has 0 saturated carbocycles. The Morgan fingerprint density at radius 3 is 2.79 bits per heavy atom. The Morgan fingerprint density at radius 1 is 1.32 bits per heavy atom. The Bertz CT molecular complexity index is 417. The maximum Gasteiger partial charge on any atom is 0.129 e. The summed E-state index contributed by atoms with van der Waals surface area (Å²) in [6.45, 7) is 8.93. The molecular weight excluding hydrogens is 236 g/mol. The number of aliphatic hydroxyl groups excluding tert-OH is 1. The summed E-state index contributed by atoms with van der Waals surface area (Å²) in [6.07, 6.45) is 3.82. The molecule has 2 heterocycles. The van der Waals surface area contributed by atoms with Gasteiger partial charge in [0.2, 0.25) is 0 Å². The maximum absolute atomic E-state index is 9.31. The molecule has 1 aromatic heterocycles. The van der Waals surface area contributed by atoms with Gasteiger partial charge in [-0.05, 0) is 55.7 Å². The first-order chi connectivity index (χ1) is 9.10. The molecule has 106 valence electrons. The Morgan fingerprint density at radius 2 is 2.11 bits per heavy atom. The second-order valence-corrected chi connectivity index (χ2v) is 6.06. The van der Waals surface area contributed by atoms with Crippen LogP contribution >= 0.6 is 0 Å². The van der Waals surface area contributed by atoms with E-state index >= 15 is 0 Å². The van der Waals surface area contributed by atoms with Crippen LogP contribution in [-0.2, 0) is 6.61 Å². The van der Waals surface area contributed by atoms with E-state index in [1.54, 1.807) is 0 Å². The molecule has 1 aliphatic heterocycles. The second kappa shape index (κ2) is 6.38. The molecule has 0 radical (unpaired) electrons. The van der Waals surface area contributed by atoms with Crippen LogP contribution in [0.25, 0.3) is 0 Å². The van der Waals surface area contributed by atoms with Crippen LogP contribution in [0.5, 0.6) is 0 Å². The van der Waals surface area contributed by atoms with E-state index in [9.17, 15) is 5.11 Å². The van der Waals surface area contributed by atoms with Crippen LogP contribution in [-0.4, -0.2) is 23.2 Å². The highest BCUT2D eigenvalue weighted by Crippen LogP contribution is 2.27. The van der Waals surface area contributed by atoms with Crippen molar-refractivity contribution in [2.45, 2.75) is 46.6 Å². The van der Waals surface area contributed by atoms with Crippen LogP contribution in [0.1, 0.15) is 44.4 Å². The van der Waals surface area contributed by atoms with Gasteiger partial charge in [-0.2, -0.15) is 0 Å². The van der Waals surface area contributed by atoms with Gasteiger partial charge in [-0.15, -0.1) is 0 Å². The van der Waals surface area contributed by atoms with E-state index in [1.807, 2.05) is 19.1 Å². The molecule has 0 spiro atoms. The average Bonchev–Trinajstić information content (AvgIpc) is 2.63. The Kier molecular flexibility index (Phi) is 4.81. The van der Waals surface area contributed by atoms with Gasteiger partial charge in [-0.1, -0.05) is 13.8 Å². The lowest BCUT2D eigenvalue weighted by Crippen LogP contribution is -2.25. The molecule has 1 atom stereocenters. The van der Waals surface area contributed by atoms with Crippen molar-refractivity contribution in [3.63, 3.8) is 0 Å². The maximum atomic E-state index is 9.31. The third kappa shape index (κ3) is 3.69. The molecule has 1 N–H and O–H groups in total. The third-order valence-electron chi connectivity index (χ3n) is 4.22. The molecule has 3 nitrogen and oxygen atoms in total. The summed E-state index contributed by atoms with van der Waals surface area (Å²) in [5, 5.41) is 9.31. The topological polar surface area (TPSA) is 36.4 Å². The smallest absolute Gasteiger partial charge is 0.129 e. The van der Waals surface area contributed by atoms with Crippen molar-refractivity contribution in [2.75, 3.05) is 18.0 Å². The molecule has 3 heteroatoms. The summed E-state index contributed by atoms with van der Waals surface area (Å²) in [5.41, 5.74) is 1.96. The van der Waals surface area contributed by atoms with Gasteiger partial charge in [0.25, 0.3) is 0 Å². The highest BCUT2D eigenvalue weighted by atomic mass is 16.3. The predicted octanol–water partition coefficient (Wildman–Crippen LogP) is 3.14. The molecular formula is C16H26N2O. The molecule has 1 aromatic rings. The van der Waals surface area contributed by atoms with Gasteiger partial charge >= 0.3 is 0 Å². The molecule has 1 unspecified atom stereocenters. The molecule has 0 bridgehead atoms. The lowest BCUT2D eigenvalue weighted by Gasteiger charge is -2.23. The summed E-state index contributed by atoms with van der Waals surface area (Å²) >= 11 is 0. The van der Waals surface area contributed by atoms with Crippen molar-refractivity contribution in [2.24, 2.45) is 11.8 Å². The first-order valence-electron chi connectivity index (χ1n) is 7.43.